The summed E-state index contributed by atoms with van der Waals surface area (Å²) in [5.41, 5.74) is -1.93. The minimum atomic E-state index is -5.04. The van der Waals surface area contributed by atoms with Crippen molar-refractivity contribution in [3.63, 3.8) is 0 Å². The van der Waals surface area contributed by atoms with E-state index in [0.29, 0.717) is 0 Å². The number of alkyl halides is 3. The lowest BCUT2D eigenvalue weighted by atomic mass is 10.1. The minimum absolute atomic E-state index is 0.0712. The molecular formula is C13H18F3N3O4. The third-order valence-corrected chi connectivity index (χ3v) is 3.36. The number of carbonyl (C=O) groups excluding carboxylic acids is 1. The number of hydrogen-bond donors (Lipinski definition) is 4. The number of halogens is 3. The SMILES string of the molecule is CNC(=O)[C@H](C)NCc1cc(=O)c(O)c(C(O)C(F)(F)F)n1C. The molecule has 0 radical (unpaired) electrons. The zero-order valence-electron chi connectivity index (χ0n) is 12.7. The van der Waals surface area contributed by atoms with Gasteiger partial charge >= 0.3 is 6.18 Å². The number of hydrogen-bond acceptors (Lipinski definition) is 5. The quantitative estimate of drug-likeness (QED) is 0.601. The number of aliphatic hydroxyl groups excluding tert-OH is 1. The van der Waals surface area contributed by atoms with Crippen LogP contribution in [0.15, 0.2) is 10.9 Å². The number of aromatic nitrogens is 1. The van der Waals surface area contributed by atoms with Crippen molar-refractivity contribution >= 4 is 5.91 Å². The lowest BCUT2D eigenvalue weighted by Crippen LogP contribution is -2.40. The smallest absolute Gasteiger partial charge is 0.420 e. The van der Waals surface area contributed by atoms with Gasteiger partial charge in [-0.25, -0.2) is 0 Å². The van der Waals surface area contributed by atoms with Gasteiger partial charge in [0.1, 0.15) is 5.69 Å². The van der Waals surface area contributed by atoms with Crippen molar-refractivity contribution in [1.82, 2.24) is 15.2 Å². The molecule has 0 bridgehead atoms. The molecule has 0 aliphatic carbocycles. The van der Waals surface area contributed by atoms with Gasteiger partial charge in [-0.3, -0.25) is 9.59 Å². The first kappa shape index (κ1) is 19.0. The van der Waals surface area contributed by atoms with Crippen LogP contribution in [0, 0.1) is 0 Å². The van der Waals surface area contributed by atoms with Gasteiger partial charge in [0, 0.05) is 32.4 Å². The summed E-state index contributed by atoms with van der Waals surface area (Å²) in [7, 11) is 2.60. The van der Waals surface area contributed by atoms with E-state index >= 15 is 0 Å². The summed E-state index contributed by atoms with van der Waals surface area (Å²) in [5.74, 6) is -1.51. The van der Waals surface area contributed by atoms with Gasteiger partial charge in [0.25, 0.3) is 0 Å². The Hall–Kier alpha value is -2.07. The molecule has 130 valence electrons. The fourth-order valence-electron chi connectivity index (χ4n) is 1.96. The molecule has 4 N–H and O–H groups in total. The first-order chi connectivity index (χ1) is 10.5. The molecule has 1 unspecified atom stereocenters. The molecule has 1 aromatic rings. The maximum absolute atomic E-state index is 12.7. The number of amides is 1. The topological polar surface area (TPSA) is 104 Å². The van der Waals surface area contributed by atoms with Crippen LogP contribution in [0.4, 0.5) is 13.2 Å². The molecule has 0 saturated heterocycles. The Labute approximate surface area is 129 Å². The lowest BCUT2D eigenvalue weighted by molar-refractivity contribution is -0.209. The van der Waals surface area contributed by atoms with Gasteiger partial charge < -0.3 is 25.4 Å². The van der Waals surface area contributed by atoms with Gasteiger partial charge in [-0.15, -0.1) is 0 Å². The second kappa shape index (κ2) is 7.01. The summed E-state index contributed by atoms with van der Waals surface area (Å²) in [6.07, 6.45) is -8.04. The monoisotopic (exact) mass is 337 g/mol. The van der Waals surface area contributed by atoms with E-state index in [2.05, 4.69) is 10.6 Å². The standard InChI is InChI=1S/C13H18F3N3O4/c1-6(12(23)17-2)18-5-7-4-8(20)10(21)9(19(7)3)11(22)13(14,15)16/h4,6,11,18,21-22H,5H2,1-3H3,(H,17,23)/t6-,11?/m0/s1. The van der Waals surface area contributed by atoms with Crippen LogP contribution in [0.3, 0.4) is 0 Å². The van der Waals surface area contributed by atoms with Crippen LogP contribution < -0.4 is 16.1 Å². The van der Waals surface area contributed by atoms with Crippen molar-refractivity contribution in [2.24, 2.45) is 7.05 Å². The average molecular weight is 337 g/mol. The lowest BCUT2D eigenvalue weighted by Gasteiger charge is -2.22. The summed E-state index contributed by atoms with van der Waals surface area (Å²) in [4.78, 5) is 23.0. The number of nitrogens with zero attached hydrogens (tertiary/aromatic N) is 1. The molecule has 1 amide bonds. The zero-order valence-corrected chi connectivity index (χ0v) is 12.7. The highest BCUT2D eigenvalue weighted by atomic mass is 19.4. The van der Waals surface area contributed by atoms with E-state index in [-0.39, 0.29) is 18.1 Å². The van der Waals surface area contributed by atoms with Crippen LogP contribution in [0.5, 0.6) is 5.75 Å². The Morgan fingerprint density at radius 1 is 1.43 bits per heavy atom. The number of aromatic hydroxyl groups is 1. The molecule has 7 nitrogen and oxygen atoms in total. The van der Waals surface area contributed by atoms with Crippen molar-refractivity contribution in [3.8, 4) is 5.75 Å². The predicted octanol–water partition coefficient (Wildman–Crippen LogP) is -0.0893. The van der Waals surface area contributed by atoms with Crippen LogP contribution >= 0.6 is 0 Å². The molecule has 0 fully saturated rings. The van der Waals surface area contributed by atoms with Crippen LogP contribution in [0.25, 0.3) is 0 Å². The Morgan fingerprint density at radius 2 is 2.00 bits per heavy atom. The number of likely N-dealkylation sites (N-methyl/N-ethyl adjacent to an activating group) is 1. The highest BCUT2D eigenvalue weighted by molar-refractivity contribution is 5.80. The molecule has 0 aromatic carbocycles. The van der Waals surface area contributed by atoms with E-state index in [4.69, 9.17) is 0 Å². The first-order valence-electron chi connectivity index (χ1n) is 6.62. The molecule has 2 atom stereocenters. The highest BCUT2D eigenvalue weighted by Crippen LogP contribution is 2.35. The summed E-state index contributed by atoms with van der Waals surface area (Å²) >= 11 is 0. The van der Waals surface area contributed by atoms with Crippen molar-refractivity contribution in [2.75, 3.05) is 7.05 Å². The number of nitrogens with one attached hydrogen (secondary N) is 2. The zero-order chi connectivity index (χ0) is 17.9. The molecule has 1 rings (SSSR count). The van der Waals surface area contributed by atoms with Crippen molar-refractivity contribution < 1.29 is 28.2 Å². The average Bonchev–Trinajstić information content (AvgIpc) is 2.47. The van der Waals surface area contributed by atoms with Crippen molar-refractivity contribution in [2.45, 2.75) is 31.8 Å². The van der Waals surface area contributed by atoms with Crippen LogP contribution in [-0.4, -0.2) is 40.0 Å². The Kier molecular flexibility index (Phi) is 5.78. The second-order valence-corrected chi connectivity index (χ2v) is 4.95. The van der Waals surface area contributed by atoms with E-state index in [1.807, 2.05) is 0 Å². The van der Waals surface area contributed by atoms with E-state index in [1.165, 1.54) is 21.0 Å². The summed E-state index contributed by atoms with van der Waals surface area (Å²) < 4.78 is 38.9. The van der Waals surface area contributed by atoms with Crippen molar-refractivity contribution in [3.05, 3.63) is 27.7 Å². The van der Waals surface area contributed by atoms with Crippen LogP contribution in [0.2, 0.25) is 0 Å². The maximum Gasteiger partial charge on any atom is 0.420 e. The summed E-state index contributed by atoms with van der Waals surface area (Å²) in [6, 6.07) is 0.283. The fraction of sp³-hybridized carbons (Fsp3) is 0.538. The number of aliphatic hydroxyl groups is 1. The Balaban J connectivity index is 3.19. The number of pyridine rings is 1. The van der Waals surface area contributed by atoms with Crippen molar-refractivity contribution in [1.29, 1.82) is 0 Å². The Bertz CT molecular complexity index is 643. The largest absolute Gasteiger partial charge is 0.503 e. The minimum Gasteiger partial charge on any atom is -0.503 e. The van der Waals surface area contributed by atoms with Gasteiger partial charge in [0.05, 0.1) is 6.04 Å². The highest BCUT2D eigenvalue weighted by Gasteiger charge is 2.42. The van der Waals surface area contributed by atoms with Gasteiger partial charge in [0.15, 0.2) is 11.9 Å². The molecule has 1 aromatic heterocycles. The van der Waals surface area contributed by atoms with Gasteiger partial charge in [-0.2, -0.15) is 13.2 Å². The van der Waals surface area contributed by atoms with Crippen LogP contribution in [-0.2, 0) is 18.4 Å². The molecule has 1 heterocycles. The summed E-state index contributed by atoms with van der Waals surface area (Å²) in [6.45, 7) is 1.42. The third kappa shape index (κ3) is 4.23. The van der Waals surface area contributed by atoms with Gasteiger partial charge in [0.2, 0.25) is 11.3 Å². The molecule has 0 saturated carbocycles. The van der Waals surface area contributed by atoms with E-state index in [1.54, 1.807) is 0 Å². The Morgan fingerprint density at radius 3 is 2.48 bits per heavy atom. The second-order valence-electron chi connectivity index (χ2n) is 4.95. The van der Waals surface area contributed by atoms with Gasteiger partial charge in [-0.05, 0) is 6.92 Å². The maximum atomic E-state index is 12.7. The fourth-order valence-corrected chi connectivity index (χ4v) is 1.96. The molecule has 10 heteroatoms. The molecular weight excluding hydrogens is 319 g/mol. The first-order valence-corrected chi connectivity index (χ1v) is 6.62. The number of rotatable bonds is 5. The number of carbonyl (C=O) groups is 1. The summed E-state index contributed by atoms with van der Waals surface area (Å²) in [5, 5.41) is 24.0. The normalized spacial score (nSPS) is 14.4. The van der Waals surface area contributed by atoms with E-state index < -0.39 is 35.2 Å². The molecule has 0 aliphatic rings. The third-order valence-electron chi connectivity index (χ3n) is 3.36. The predicted molar refractivity (Wildman–Crippen MR) is 74.7 cm³/mol. The van der Waals surface area contributed by atoms with Crippen LogP contribution in [0.1, 0.15) is 24.4 Å². The molecule has 0 spiro atoms. The van der Waals surface area contributed by atoms with Gasteiger partial charge in [-0.1, -0.05) is 0 Å². The molecule has 0 aliphatic heterocycles. The van der Waals surface area contributed by atoms with E-state index in [0.717, 1.165) is 10.6 Å². The van der Waals surface area contributed by atoms with E-state index in [9.17, 15) is 33.0 Å². The molecule has 23 heavy (non-hydrogen) atoms.